The molecule has 1 aliphatic rings. The molecule has 96 valence electrons. The molecule has 0 aliphatic heterocycles. The molecule has 2 rings (SSSR count). The van der Waals surface area contributed by atoms with E-state index in [1.807, 2.05) is 11.3 Å². The van der Waals surface area contributed by atoms with Crippen LogP contribution in [-0.2, 0) is 0 Å². The fourth-order valence-electron chi connectivity index (χ4n) is 2.68. The molecule has 1 heterocycles. The van der Waals surface area contributed by atoms with E-state index in [-0.39, 0.29) is 5.54 Å². The molecule has 1 fully saturated rings. The summed E-state index contributed by atoms with van der Waals surface area (Å²) < 4.78 is 1.31. The van der Waals surface area contributed by atoms with Crippen molar-refractivity contribution in [1.82, 2.24) is 5.32 Å². The number of hydrogen-bond acceptors (Lipinski definition) is 2. The first-order valence-corrected chi connectivity index (χ1v) is 8.17. The Morgan fingerprint density at radius 2 is 2.12 bits per heavy atom. The van der Waals surface area contributed by atoms with Gasteiger partial charge in [-0.15, -0.1) is 0 Å². The van der Waals surface area contributed by atoms with Gasteiger partial charge in [0.25, 0.3) is 0 Å². The first-order chi connectivity index (χ1) is 7.97. The normalized spacial score (nSPS) is 25.4. The lowest BCUT2D eigenvalue weighted by Gasteiger charge is -2.26. The van der Waals surface area contributed by atoms with Gasteiger partial charge in [0.05, 0.1) is 0 Å². The van der Waals surface area contributed by atoms with Crippen LogP contribution >= 0.6 is 27.3 Å². The second-order valence-electron chi connectivity index (χ2n) is 6.10. The SMILES string of the molecule is CC(C)(C)NCC1CCCC1c1cscc1Br. The van der Waals surface area contributed by atoms with Crippen molar-refractivity contribution in [3.63, 3.8) is 0 Å². The van der Waals surface area contributed by atoms with E-state index in [0.29, 0.717) is 0 Å². The molecule has 1 aromatic rings. The van der Waals surface area contributed by atoms with Crippen molar-refractivity contribution in [3.05, 3.63) is 20.8 Å². The van der Waals surface area contributed by atoms with Gasteiger partial charge in [-0.05, 0) is 78.9 Å². The number of thiophene rings is 1. The number of hydrogen-bond donors (Lipinski definition) is 1. The summed E-state index contributed by atoms with van der Waals surface area (Å²) >= 11 is 5.50. The van der Waals surface area contributed by atoms with Crippen LogP contribution < -0.4 is 5.32 Å². The Kier molecular flexibility index (Phi) is 4.32. The van der Waals surface area contributed by atoms with Gasteiger partial charge >= 0.3 is 0 Å². The Bertz CT molecular complexity index is 367. The Morgan fingerprint density at radius 3 is 2.71 bits per heavy atom. The third-order valence-corrected chi connectivity index (χ3v) is 5.35. The van der Waals surface area contributed by atoms with Gasteiger partial charge < -0.3 is 5.32 Å². The molecule has 0 amide bonds. The average Bonchev–Trinajstić information content (AvgIpc) is 2.81. The van der Waals surface area contributed by atoms with E-state index >= 15 is 0 Å². The Labute approximate surface area is 117 Å². The molecular formula is C14H22BrNS. The fourth-order valence-corrected chi connectivity index (χ4v) is 4.34. The van der Waals surface area contributed by atoms with Gasteiger partial charge in [-0.3, -0.25) is 0 Å². The number of rotatable bonds is 3. The maximum Gasteiger partial charge on any atom is 0.0317 e. The summed E-state index contributed by atoms with van der Waals surface area (Å²) in [5.41, 5.74) is 1.77. The van der Waals surface area contributed by atoms with Crippen LogP contribution in [0.1, 0.15) is 51.5 Å². The molecule has 3 heteroatoms. The van der Waals surface area contributed by atoms with Crippen LogP contribution in [0.15, 0.2) is 15.2 Å². The largest absolute Gasteiger partial charge is 0.312 e. The summed E-state index contributed by atoms with van der Waals surface area (Å²) in [6, 6.07) is 0. The first-order valence-electron chi connectivity index (χ1n) is 6.44. The first kappa shape index (κ1) is 13.6. The summed E-state index contributed by atoms with van der Waals surface area (Å²) in [5.74, 6) is 1.56. The van der Waals surface area contributed by atoms with Gasteiger partial charge in [-0.1, -0.05) is 6.42 Å². The van der Waals surface area contributed by atoms with Gasteiger partial charge in [0.15, 0.2) is 0 Å². The van der Waals surface area contributed by atoms with Crippen LogP contribution in [0.3, 0.4) is 0 Å². The zero-order valence-electron chi connectivity index (χ0n) is 10.9. The van der Waals surface area contributed by atoms with E-state index in [0.717, 1.165) is 18.4 Å². The molecule has 0 aromatic carbocycles. The minimum Gasteiger partial charge on any atom is -0.312 e. The van der Waals surface area contributed by atoms with E-state index in [9.17, 15) is 0 Å². The molecule has 17 heavy (non-hydrogen) atoms. The second kappa shape index (κ2) is 5.41. The minimum atomic E-state index is 0.235. The quantitative estimate of drug-likeness (QED) is 0.846. The van der Waals surface area contributed by atoms with Crippen LogP contribution in [0.5, 0.6) is 0 Å². The van der Waals surface area contributed by atoms with Crippen LogP contribution in [-0.4, -0.2) is 12.1 Å². The Hall–Kier alpha value is 0.140. The number of halogens is 1. The molecule has 0 spiro atoms. The molecule has 1 aliphatic carbocycles. The molecule has 0 saturated heterocycles. The molecule has 2 atom stereocenters. The van der Waals surface area contributed by atoms with E-state index in [1.165, 1.54) is 29.3 Å². The molecular weight excluding hydrogens is 294 g/mol. The zero-order valence-corrected chi connectivity index (χ0v) is 13.3. The van der Waals surface area contributed by atoms with Crippen molar-refractivity contribution >= 4 is 27.3 Å². The summed E-state index contributed by atoms with van der Waals surface area (Å²) in [7, 11) is 0. The molecule has 0 bridgehead atoms. The van der Waals surface area contributed by atoms with Gasteiger partial charge in [-0.25, -0.2) is 0 Å². The van der Waals surface area contributed by atoms with Gasteiger partial charge in [0, 0.05) is 15.4 Å². The van der Waals surface area contributed by atoms with Crippen molar-refractivity contribution in [3.8, 4) is 0 Å². The van der Waals surface area contributed by atoms with Crippen molar-refractivity contribution in [2.75, 3.05) is 6.54 Å². The van der Waals surface area contributed by atoms with E-state index in [4.69, 9.17) is 0 Å². The maximum atomic E-state index is 3.68. The van der Waals surface area contributed by atoms with Crippen LogP contribution in [0.2, 0.25) is 0 Å². The molecule has 0 radical (unpaired) electrons. The lowest BCUT2D eigenvalue weighted by Crippen LogP contribution is -2.39. The third kappa shape index (κ3) is 3.55. The highest BCUT2D eigenvalue weighted by Crippen LogP contribution is 2.43. The number of nitrogens with one attached hydrogen (secondary N) is 1. The lowest BCUT2D eigenvalue weighted by molar-refractivity contribution is 0.356. The second-order valence-corrected chi connectivity index (χ2v) is 7.70. The van der Waals surface area contributed by atoms with Gasteiger partial charge in [0.2, 0.25) is 0 Å². The third-order valence-electron chi connectivity index (χ3n) is 3.60. The van der Waals surface area contributed by atoms with Crippen molar-refractivity contribution in [2.45, 2.75) is 51.5 Å². The predicted molar refractivity (Wildman–Crippen MR) is 79.9 cm³/mol. The average molecular weight is 316 g/mol. The predicted octanol–water partition coefficient (Wildman–Crippen LogP) is 4.78. The highest BCUT2D eigenvalue weighted by atomic mass is 79.9. The monoisotopic (exact) mass is 315 g/mol. The van der Waals surface area contributed by atoms with Gasteiger partial charge in [-0.2, -0.15) is 11.3 Å². The smallest absolute Gasteiger partial charge is 0.0317 e. The van der Waals surface area contributed by atoms with Crippen molar-refractivity contribution < 1.29 is 0 Å². The van der Waals surface area contributed by atoms with Crippen LogP contribution in [0.25, 0.3) is 0 Å². The van der Waals surface area contributed by atoms with Crippen LogP contribution in [0.4, 0.5) is 0 Å². The van der Waals surface area contributed by atoms with E-state index < -0.39 is 0 Å². The van der Waals surface area contributed by atoms with Crippen molar-refractivity contribution in [2.24, 2.45) is 5.92 Å². The summed E-state index contributed by atoms with van der Waals surface area (Å²) in [6.45, 7) is 7.89. The topological polar surface area (TPSA) is 12.0 Å². The standard InChI is InChI=1S/C14H22BrNS/c1-14(2,3)16-7-10-5-4-6-11(10)12-8-17-9-13(12)15/h8-11,16H,4-7H2,1-3H3. The highest BCUT2D eigenvalue weighted by molar-refractivity contribution is 9.10. The molecule has 1 saturated carbocycles. The van der Waals surface area contributed by atoms with Crippen LogP contribution in [0, 0.1) is 5.92 Å². The lowest BCUT2D eigenvalue weighted by atomic mass is 9.90. The zero-order chi connectivity index (χ0) is 12.5. The Morgan fingerprint density at radius 1 is 1.35 bits per heavy atom. The highest BCUT2D eigenvalue weighted by Gasteiger charge is 2.30. The molecule has 1 N–H and O–H groups in total. The summed E-state index contributed by atoms with van der Waals surface area (Å²) in [6.07, 6.45) is 4.10. The van der Waals surface area contributed by atoms with E-state index in [1.54, 1.807) is 0 Å². The molecule has 2 unspecified atom stereocenters. The summed E-state index contributed by atoms with van der Waals surface area (Å²) in [4.78, 5) is 0. The molecule has 1 aromatic heterocycles. The maximum absolute atomic E-state index is 3.68. The Balaban J connectivity index is 2.01. The minimum absolute atomic E-state index is 0.235. The van der Waals surface area contributed by atoms with Crippen molar-refractivity contribution in [1.29, 1.82) is 0 Å². The fraction of sp³-hybridized carbons (Fsp3) is 0.714. The van der Waals surface area contributed by atoms with E-state index in [2.05, 4.69) is 52.8 Å². The summed E-state index contributed by atoms with van der Waals surface area (Å²) in [5, 5.41) is 8.20. The van der Waals surface area contributed by atoms with Gasteiger partial charge in [0.1, 0.15) is 0 Å². The molecule has 1 nitrogen and oxygen atoms in total.